The molecule has 0 radical (unpaired) electrons. The van der Waals surface area contributed by atoms with E-state index in [1.54, 1.807) is 0 Å². The highest BCUT2D eigenvalue weighted by molar-refractivity contribution is 5.77. The number of ether oxygens (including phenoxy) is 1. The normalized spacial score (nSPS) is 25.4. The molecule has 1 amide bonds. The van der Waals surface area contributed by atoms with Gasteiger partial charge in [0, 0.05) is 6.54 Å². The summed E-state index contributed by atoms with van der Waals surface area (Å²) in [5.41, 5.74) is 0. The Kier molecular flexibility index (Phi) is 2.88. The lowest BCUT2D eigenvalue weighted by Gasteiger charge is -2.24. The summed E-state index contributed by atoms with van der Waals surface area (Å²) in [4.78, 5) is 10.7. The average Bonchev–Trinajstić information content (AvgIpc) is 1.93. The van der Waals surface area contributed by atoms with Crippen LogP contribution in [0.4, 0.5) is 0 Å². The molecule has 1 aliphatic rings. The Balaban J connectivity index is 2.22. The van der Waals surface area contributed by atoms with Gasteiger partial charge in [0.15, 0.2) is 0 Å². The van der Waals surface area contributed by atoms with Crippen LogP contribution in [-0.4, -0.2) is 25.2 Å². The highest BCUT2D eigenvalue weighted by atomic mass is 16.5. The van der Waals surface area contributed by atoms with Crippen LogP contribution in [0.2, 0.25) is 0 Å². The Morgan fingerprint density at radius 2 is 2.45 bits per heavy atom. The fourth-order valence-electron chi connectivity index (χ4n) is 1.21. The third-order valence-electron chi connectivity index (χ3n) is 1.71. The molecule has 1 saturated heterocycles. The number of hydrogen-bond donors (Lipinski definition) is 1. The Labute approximate surface area is 67.1 Å². The molecule has 1 unspecified atom stereocenters. The smallest absolute Gasteiger partial charge is 0.246 e. The molecule has 11 heavy (non-hydrogen) atoms. The van der Waals surface area contributed by atoms with Gasteiger partial charge in [-0.05, 0) is 12.3 Å². The summed E-state index contributed by atoms with van der Waals surface area (Å²) in [6, 6.07) is 0. The zero-order chi connectivity index (χ0) is 8.27. The first-order valence-corrected chi connectivity index (χ1v) is 4.07. The number of rotatable bonds is 2. The summed E-state index contributed by atoms with van der Waals surface area (Å²) >= 11 is 0. The Morgan fingerprint density at radius 1 is 1.73 bits per heavy atom. The van der Waals surface area contributed by atoms with Crippen LogP contribution in [0.5, 0.6) is 0 Å². The first-order chi connectivity index (χ1) is 5.18. The van der Waals surface area contributed by atoms with E-state index in [1.165, 1.54) is 0 Å². The molecule has 1 rings (SSSR count). The van der Waals surface area contributed by atoms with E-state index in [-0.39, 0.29) is 18.6 Å². The zero-order valence-electron chi connectivity index (χ0n) is 7.09. The molecule has 0 bridgehead atoms. The summed E-state index contributed by atoms with van der Waals surface area (Å²) < 4.78 is 5.29. The quantitative estimate of drug-likeness (QED) is 0.635. The summed E-state index contributed by atoms with van der Waals surface area (Å²) in [5.74, 6) is 0.639. The monoisotopic (exact) mass is 157 g/mol. The molecular formula is C8H15NO2. The van der Waals surface area contributed by atoms with Crippen LogP contribution in [0.3, 0.4) is 0 Å². The Hall–Kier alpha value is -0.570. The second-order valence-corrected chi connectivity index (χ2v) is 3.37. The lowest BCUT2D eigenvalue weighted by Crippen LogP contribution is -2.43. The molecule has 64 valence electrons. The van der Waals surface area contributed by atoms with Crippen molar-refractivity contribution in [3.8, 4) is 0 Å². The molecule has 1 atom stereocenters. The van der Waals surface area contributed by atoms with Crippen LogP contribution in [0.25, 0.3) is 0 Å². The van der Waals surface area contributed by atoms with Gasteiger partial charge in [-0.1, -0.05) is 13.8 Å². The Bertz CT molecular complexity index is 135. The van der Waals surface area contributed by atoms with Crippen molar-refractivity contribution in [2.75, 3.05) is 13.2 Å². The van der Waals surface area contributed by atoms with E-state index in [2.05, 4.69) is 19.2 Å². The fourth-order valence-corrected chi connectivity index (χ4v) is 1.21. The molecule has 0 aromatic heterocycles. The van der Waals surface area contributed by atoms with E-state index in [9.17, 15) is 4.79 Å². The zero-order valence-corrected chi connectivity index (χ0v) is 7.09. The first kappa shape index (κ1) is 8.53. The topological polar surface area (TPSA) is 38.3 Å². The lowest BCUT2D eigenvalue weighted by atomic mass is 10.1. The molecule has 0 aromatic carbocycles. The SMILES string of the molecule is CC(C)CC1CNC(=O)CO1. The number of nitrogens with one attached hydrogen (secondary N) is 1. The standard InChI is InChI=1S/C8H15NO2/c1-6(2)3-7-4-9-8(10)5-11-7/h6-7H,3-5H2,1-2H3,(H,9,10). The van der Waals surface area contributed by atoms with Crippen LogP contribution in [0.1, 0.15) is 20.3 Å². The van der Waals surface area contributed by atoms with Crippen LogP contribution < -0.4 is 5.32 Å². The van der Waals surface area contributed by atoms with Crippen molar-refractivity contribution >= 4 is 5.91 Å². The van der Waals surface area contributed by atoms with Crippen molar-refractivity contribution in [3.05, 3.63) is 0 Å². The predicted molar refractivity (Wildman–Crippen MR) is 42.2 cm³/mol. The number of morpholine rings is 1. The van der Waals surface area contributed by atoms with Crippen molar-refractivity contribution in [3.63, 3.8) is 0 Å². The van der Waals surface area contributed by atoms with Gasteiger partial charge < -0.3 is 10.1 Å². The average molecular weight is 157 g/mol. The van der Waals surface area contributed by atoms with Crippen molar-refractivity contribution in [2.24, 2.45) is 5.92 Å². The molecule has 0 aliphatic carbocycles. The van der Waals surface area contributed by atoms with Crippen LogP contribution in [0, 0.1) is 5.92 Å². The van der Waals surface area contributed by atoms with Crippen LogP contribution >= 0.6 is 0 Å². The van der Waals surface area contributed by atoms with E-state index in [4.69, 9.17) is 4.74 Å². The lowest BCUT2D eigenvalue weighted by molar-refractivity contribution is -0.133. The number of hydrogen-bond acceptors (Lipinski definition) is 2. The first-order valence-electron chi connectivity index (χ1n) is 4.07. The van der Waals surface area contributed by atoms with E-state index in [0.29, 0.717) is 12.5 Å². The van der Waals surface area contributed by atoms with Crippen molar-refractivity contribution in [2.45, 2.75) is 26.4 Å². The van der Waals surface area contributed by atoms with E-state index in [1.807, 2.05) is 0 Å². The van der Waals surface area contributed by atoms with Gasteiger partial charge in [0.25, 0.3) is 0 Å². The molecular weight excluding hydrogens is 142 g/mol. The van der Waals surface area contributed by atoms with Gasteiger partial charge in [-0.2, -0.15) is 0 Å². The summed E-state index contributed by atoms with van der Waals surface area (Å²) in [6.45, 7) is 5.22. The highest BCUT2D eigenvalue weighted by Gasteiger charge is 2.18. The third kappa shape index (κ3) is 2.89. The van der Waals surface area contributed by atoms with Gasteiger partial charge in [-0.3, -0.25) is 4.79 Å². The number of carbonyl (C=O) groups excluding carboxylic acids is 1. The van der Waals surface area contributed by atoms with Gasteiger partial charge in [-0.25, -0.2) is 0 Å². The maximum absolute atomic E-state index is 10.7. The van der Waals surface area contributed by atoms with Gasteiger partial charge in [0.1, 0.15) is 6.61 Å². The van der Waals surface area contributed by atoms with Crippen LogP contribution in [0.15, 0.2) is 0 Å². The van der Waals surface area contributed by atoms with Crippen molar-refractivity contribution in [1.82, 2.24) is 5.32 Å². The summed E-state index contributed by atoms with van der Waals surface area (Å²) in [6.07, 6.45) is 1.26. The van der Waals surface area contributed by atoms with Crippen LogP contribution in [-0.2, 0) is 9.53 Å². The largest absolute Gasteiger partial charge is 0.367 e. The molecule has 1 heterocycles. The molecule has 0 saturated carbocycles. The number of amides is 1. The van der Waals surface area contributed by atoms with Gasteiger partial charge in [-0.15, -0.1) is 0 Å². The van der Waals surface area contributed by atoms with Gasteiger partial charge in [0.05, 0.1) is 6.10 Å². The molecule has 1 aliphatic heterocycles. The minimum Gasteiger partial charge on any atom is -0.367 e. The molecule has 3 nitrogen and oxygen atoms in total. The second kappa shape index (κ2) is 3.72. The van der Waals surface area contributed by atoms with Gasteiger partial charge in [0.2, 0.25) is 5.91 Å². The molecule has 1 fully saturated rings. The summed E-state index contributed by atoms with van der Waals surface area (Å²) in [5, 5.41) is 2.77. The summed E-state index contributed by atoms with van der Waals surface area (Å²) in [7, 11) is 0. The molecule has 0 aromatic rings. The molecule has 1 N–H and O–H groups in total. The van der Waals surface area contributed by atoms with E-state index in [0.717, 1.165) is 6.42 Å². The predicted octanol–water partition coefficient (Wildman–Crippen LogP) is 0.547. The minimum absolute atomic E-state index is 0.00464. The number of carbonyl (C=O) groups is 1. The fraction of sp³-hybridized carbons (Fsp3) is 0.875. The van der Waals surface area contributed by atoms with Crippen molar-refractivity contribution in [1.29, 1.82) is 0 Å². The highest BCUT2D eigenvalue weighted by Crippen LogP contribution is 2.09. The third-order valence-corrected chi connectivity index (χ3v) is 1.71. The van der Waals surface area contributed by atoms with E-state index < -0.39 is 0 Å². The minimum atomic E-state index is 0.00464. The van der Waals surface area contributed by atoms with E-state index >= 15 is 0 Å². The van der Waals surface area contributed by atoms with Gasteiger partial charge >= 0.3 is 0 Å². The maximum Gasteiger partial charge on any atom is 0.246 e. The maximum atomic E-state index is 10.7. The van der Waals surface area contributed by atoms with Crippen molar-refractivity contribution < 1.29 is 9.53 Å². The Morgan fingerprint density at radius 3 is 2.91 bits per heavy atom. The molecule has 3 heteroatoms. The second-order valence-electron chi connectivity index (χ2n) is 3.37. The molecule has 0 spiro atoms.